The van der Waals surface area contributed by atoms with Crippen LogP contribution in [0.4, 0.5) is 4.39 Å². The van der Waals surface area contributed by atoms with Crippen molar-refractivity contribution in [1.29, 1.82) is 0 Å². The fourth-order valence-electron chi connectivity index (χ4n) is 1.95. The van der Waals surface area contributed by atoms with Gasteiger partial charge in [0.05, 0.1) is 6.42 Å². The number of thioether (sulfide) groups is 1. The van der Waals surface area contributed by atoms with Crippen LogP contribution < -0.4 is 5.32 Å². The van der Waals surface area contributed by atoms with Gasteiger partial charge in [-0.15, -0.1) is 11.8 Å². The molecule has 0 saturated carbocycles. The Hall–Kier alpha value is -1.07. The Morgan fingerprint density at radius 3 is 3.18 bits per heavy atom. The SMILES string of the molecule is O=C(O)CCNC1CCSc2c(F)cccc21. The van der Waals surface area contributed by atoms with Crippen molar-refractivity contribution in [3.05, 3.63) is 29.6 Å². The number of rotatable bonds is 4. The Balaban J connectivity index is 2.07. The average Bonchev–Trinajstić information content (AvgIpc) is 2.30. The molecule has 5 heteroatoms. The van der Waals surface area contributed by atoms with Gasteiger partial charge in [-0.05, 0) is 23.8 Å². The predicted octanol–water partition coefficient (Wildman–Crippen LogP) is 2.43. The number of nitrogens with one attached hydrogen (secondary N) is 1. The molecule has 1 aromatic carbocycles. The Morgan fingerprint density at radius 1 is 1.59 bits per heavy atom. The van der Waals surface area contributed by atoms with Crippen LogP contribution in [0.1, 0.15) is 24.4 Å². The van der Waals surface area contributed by atoms with Gasteiger partial charge in [0.2, 0.25) is 0 Å². The molecule has 2 rings (SSSR count). The fraction of sp³-hybridized carbons (Fsp3) is 0.417. The van der Waals surface area contributed by atoms with Crippen LogP contribution in [0.5, 0.6) is 0 Å². The van der Waals surface area contributed by atoms with Gasteiger partial charge in [-0.3, -0.25) is 4.79 Å². The van der Waals surface area contributed by atoms with Crippen LogP contribution in [0.2, 0.25) is 0 Å². The number of carboxylic acid groups (broad SMARTS) is 1. The lowest BCUT2D eigenvalue weighted by atomic mass is 10.0. The maximum Gasteiger partial charge on any atom is 0.304 e. The van der Waals surface area contributed by atoms with Crippen molar-refractivity contribution >= 4 is 17.7 Å². The molecule has 0 radical (unpaired) electrons. The van der Waals surface area contributed by atoms with E-state index >= 15 is 0 Å². The molecule has 1 aromatic rings. The maximum absolute atomic E-state index is 13.6. The zero-order valence-corrected chi connectivity index (χ0v) is 10.1. The van der Waals surface area contributed by atoms with Gasteiger partial charge < -0.3 is 10.4 Å². The van der Waals surface area contributed by atoms with Crippen LogP contribution in [-0.4, -0.2) is 23.4 Å². The Morgan fingerprint density at radius 2 is 2.41 bits per heavy atom. The molecule has 1 heterocycles. The van der Waals surface area contributed by atoms with Gasteiger partial charge in [-0.25, -0.2) is 4.39 Å². The molecular weight excluding hydrogens is 241 g/mol. The molecule has 0 spiro atoms. The largest absolute Gasteiger partial charge is 0.481 e. The molecule has 92 valence electrons. The molecule has 17 heavy (non-hydrogen) atoms. The summed E-state index contributed by atoms with van der Waals surface area (Å²) in [5.74, 6) is -0.141. The summed E-state index contributed by atoms with van der Waals surface area (Å²) in [7, 11) is 0. The molecule has 1 atom stereocenters. The Bertz CT molecular complexity index is 425. The minimum absolute atomic E-state index is 0.0706. The van der Waals surface area contributed by atoms with Gasteiger partial charge in [0, 0.05) is 17.5 Å². The predicted molar refractivity (Wildman–Crippen MR) is 64.7 cm³/mol. The van der Waals surface area contributed by atoms with Crippen molar-refractivity contribution in [1.82, 2.24) is 5.32 Å². The lowest BCUT2D eigenvalue weighted by Gasteiger charge is -2.26. The van der Waals surface area contributed by atoms with Crippen molar-refractivity contribution in [3.63, 3.8) is 0 Å². The summed E-state index contributed by atoms with van der Waals surface area (Å²) in [5, 5.41) is 11.8. The monoisotopic (exact) mass is 255 g/mol. The highest BCUT2D eigenvalue weighted by molar-refractivity contribution is 7.99. The first kappa shape index (κ1) is 12.4. The second kappa shape index (κ2) is 5.51. The molecule has 1 aliphatic rings. The summed E-state index contributed by atoms with van der Waals surface area (Å²) in [5.41, 5.74) is 0.951. The second-order valence-corrected chi connectivity index (χ2v) is 5.05. The number of carbonyl (C=O) groups is 1. The summed E-state index contributed by atoms with van der Waals surface area (Å²) < 4.78 is 13.6. The topological polar surface area (TPSA) is 49.3 Å². The van der Waals surface area contributed by atoms with Crippen LogP contribution >= 0.6 is 11.8 Å². The highest BCUT2D eigenvalue weighted by Crippen LogP contribution is 2.37. The van der Waals surface area contributed by atoms with Crippen LogP contribution in [0.25, 0.3) is 0 Å². The average molecular weight is 255 g/mol. The second-order valence-electron chi connectivity index (χ2n) is 3.95. The number of carboxylic acids is 1. The molecule has 1 aliphatic heterocycles. The van der Waals surface area contributed by atoms with E-state index in [-0.39, 0.29) is 18.3 Å². The van der Waals surface area contributed by atoms with Crippen LogP contribution in [-0.2, 0) is 4.79 Å². The number of halogens is 1. The highest BCUT2D eigenvalue weighted by atomic mass is 32.2. The van der Waals surface area contributed by atoms with Crippen molar-refractivity contribution in [2.45, 2.75) is 23.8 Å². The first-order valence-corrected chi connectivity index (χ1v) is 6.53. The maximum atomic E-state index is 13.6. The molecule has 0 fully saturated rings. The molecule has 0 aromatic heterocycles. The van der Waals surface area contributed by atoms with Crippen molar-refractivity contribution in [2.75, 3.05) is 12.3 Å². The summed E-state index contributed by atoms with van der Waals surface area (Å²) >= 11 is 1.53. The number of benzene rings is 1. The van der Waals surface area contributed by atoms with Crippen molar-refractivity contribution < 1.29 is 14.3 Å². The Labute approximate surface area is 103 Å². The number of aliphatic carboxylic acids is 1. The van der Waals surface area contributed by atoms with Gasteiger partial charge in [-0.2, -0.15) is 0 Å². The molecule has 0 saturated heterocycles. The van der Waals surface area contributed by atoms with E-state index in [2.05, 4.69) is 5.32 Å². The number of fused-ring (bicyclic) bond motifs is 1. The number of hydrogen-bond acceptors (Lipinski definition) is 3. The normalized spacial score (nSPS) is 18.8. The molecule has 1 unspecified atom stereocenters. The van der Waals surface area contributed by atoms with E-state index in [0.29, 0.717) is 11.4 Å². The van der Waals surface area contributed by atoms with E-state index in [4.69, 9.17) is 5.11 Å². The highest BCUT2D eigenvalue weighted by Gasteiger charge is 2.22. The van der Waals surface area contributed by atoms with Crippen LogP contribution in [0.3, 0.4) is 0 Å². The third-order valence-corrected chi connectivity index (χ3v) is 3.91. The zero-order chi connectivity index (χ0) is 12.3. The van der Waals surface area contributed by atoms with Gasteiger partial charge in [0.1, 0.15) is 5.82 Å². The summed E-state index contributed by atoms with van der Waals surface area (Å²) in [6.45, 7) is 0.417. The van der Waals surface area contributed by atoms with E-state index in [0.717, 1.165) is 17.7 Å². The number of hydrogen-bond donors (Lipinski definition) is 2. The molecule has 0 bridgehead atoms. The summed E-state index contributed by atoms with van der Waals surface area (Å²) in [6, 6.07) is 5.14. The summed E-state index contributed by atoms with van der Waals surface area (Å²) in [4.78, 5) is 11.1. The lowest BCUT2D eigenvalue weighted by molar-refractivity contribution is -0.136. The van der Waals surface area contributed by atoms with E-state index in [1.165, 1.54) is 17.8 Å². The van der Waals surface area contributed by atoms with Gasteiger partial charge >= 0.3 is 5.97 Å². The van der Waals surface area contributed by atoms with Gasteiger partial charge in [0.15, 0.2) is 0 Å². The third-order valence-electron chi connectivity index (χ3n) is 2.76. The third kappa shape index (κ3) is 2.98. The first-order chi connectivity index (χ1) is 8.18. The van der Waals surface area contributed by atoms with E-state index < -0.39 is 5.97 Å². The quantitative estimate of drug-likeness (QED) is 0.867. The van der Waals surface area contributed by atoms with Crippen LogP contribution in [0.15, 0.2) is 23.1 Å². The zero-order valence-electron chi connectivity index (χ0n) is 9.28. The smallest absolute Gasteiger partial charge is 0.304 e. The fourth-order valence-corrected chi connectivity index (χ4v) is 3.09. The standard InChI is InChI=1S/C12H14FNO2S/c13-9-3-1-2-8-10(5-7-17-12(8)9)14-6-4-11(15)16/h1-3,10,14H,4-7H2,(H,15,16). The van der Waals surface area contributed by atoms with Gasteiger partial charge in [0.25, 0.3) is 0 Å². The van der Waals surface area contributed by atoms with Crippen molar-refractivity contribution in [3.8, 4) is 0 Å². The molecular formula is C12H14FNO2S. The molecule has 3 nitrogen and oxygen atoms in total. The minimum atomic E-state index is -0.817. The molecule has 0 aliphatic carbocycles. The van der Waals surface area contributed by atoms with E-state index in [1.807, 2.05) is 6.07 Å². The first-order valence-electron chi connectivity index (χ1n) is 5.55. The Kier molecular flexibility index (Phi) is 4.02. The van der Waals surface area contributed by atoms with E-state index in [1.54, 1.807) is 6.07 Å². The minimum Gasteiger partial charge on any atom is -0.481 e. The van der Waals surface area contributed by atoms with Gasteiger partial charge in [-0.1, -0.05) is 12.1 Å². The van der Waals surface area contributed by atoms with Crippen molar-refractivity contribution in [2.24, 2.45) is 0 Å². The van der Waals surface area contributed by atoms with Crippen LogP contribution in [0, 0.1) is 5.82 Å². The molecule has 0 amide bonds. The lowest BCUT2D eigenvalue weighted by Crippen LogP contribution is -2.27. The molecule has 2 N–H and O–H groups in total. The summed E-state index contributed by atoms with van der Waals surface area (Å²) in [6.07, 6.45) is 0.995. The van der Waals surface area contributed by atoms with E-state index in [9.17, 15) is 9.18 Å².